The quantitative estimate of drug-likeness (QED) is 0.596. The van der Waals surface area contributed by atoms with Crippen LogP contribution in [0.3, 0.4) is 0 Å². The minimum atomic E-state index is -0.508. The van der Waals surface area contributed by atoms with Crippen LogP contribution in [0.4, 0.5) is 16.5 Å². The number of fused-ring (bicyclic) bond motifs is 1. The second-order valence-corrected chi connectivity index (χ2v) is 7.72. The Hall–Kier alpha value is -2.84. The zero-order valence-corrected chi connectivity index (χ0v) is 16.0. The van der Waals surface area contributed by atoms with Gasteiger partial charge in [0.15, 0.2) is 5.58 Å². The predicted octanol–water partition coefficient (Wildman–Crippen LogP) is 3.57. The fraction of sp³-hybridized carbons (Fsp3) is 0.556. The highest BCUT2D eigenvalue weighted by atomic mass is 16.6. The van der Waals surface area contributed by atoms with Crippen LogP contribution in [0.25, 0.3) is 11.1 Å². The van der Waals surface area contributed by atoms with E-state index < -0.39 is 10.5 Å². The minimum Gasteiger partial charge on any atom is -0.444 e. The number of hydrogen-bond acceptors (Lipinski definition) is 7. The summed E-state index contributed by atoms with van der Waals surface area (Å²) in [5, 5.41) is 10.9. The fourth-order valence-electron chi connectivity index (χ4n) is 3.09. The first-order chi connectivity index (χ1) is 12.6. The van der Waals surface area contributed by atoms with Crippen molar-refractivity contribution in [3.63, 3.8) is 0 Å². The Bertz CT molecular complexity index is 849. The van der Waals surface area contributed by atoms with Crippen molar-refractivity contribution in [2.75, 3.05) is 25.0 Å². The maximum Gasteiger partial charge on any atom is 0.410 e. The highest BCUT2D eigenvalue weighted by Gasteiger charge is 2.30. The van der Waals surface area contributed by atoms with Gasteiger partial charge in [0.25, 0.3) is 11.7 Å². The summed E-state index contributed by atoms with van der Waals surface area (Å²) in [6, 6.07) is 4.94. The minimum absolute atomic E-state index is 0.0179. The molecule has 2 aromatic rings. The van der Waals surface area contributed by atoms with Gasteiger partial charge >= 0.3 is 6.09 Å². The second kappa shape index (κ2) is 7.05. The fourth-order valence-corrected chi connectivity index (χ4v) is 3.09. The van der Waals surface area contributed by atoms with E-state index in [0.29, 0.717) is 30.2 Å². The monoisotopic (exact) mass is 376 g/mol. The van der Waals surface area contributed by atoms with E-state index in [4.69, 9.17) is 9.15 Å². The Kier molecular flexibility index (Phi) is 4.95. The van der Waals surface area contributed by atoms with Gasteiger partial charge in [-0.05, 0) is 39.7 Å². The third-order valence-corrected chi connectivity index (χ3v) is 4.54. The van der Waals surface area contributed by atoms with Gasteiger partial charge in [-0.1, -0.05) is 0 Å². The maximum absolute atomic E-state index is 12.2. The molecule has 0 radical (unpaired) electrons. The van der Waals surface area contributed by atoms with Gasteiger partial charge in [-0.25, -0.2) is 4.79 Å². The summed E-state index contributed by atoms with van der Waals surface area (Å²) >= 11 is 0. The van der Waals surface area contributed by atoms with Gasteiger partial charge in [-0.15, -0.1) is 0 Å². The number of nitro groups is 1. The zero-order chi connectivity index (χ0) is 19.8. The summed E-state index contributed by atoms with van der Waals surface area (Å²) in [5.41, 5.74) is 0.437. The smallest absolute Gasteiger partial charge is 0.410 e. The van der Waals surface area contributed by atoms with E-state index in [2.05, 4.69) is 4.98 Å². The van der Waals surface area contributed by atoms with Crippen LogP contribution >= 0.6 is 0 Å². The number of carbonyl (C=O) groups excluding carboxylic acids is 1. The third-order valence-electron chi connectivity index (χ3n) is 4.54. The molecule has 0 spiro atoms. The van der Waals surface area contributed by atoms with Crippen LogP contribution in [0.1, 0.15) is 33.6 Å². The van der Waals surface area contributed by atoms with Crippen molar-refractivity contribution in [1.29, 1.82) is 0 Å². The molecule has 0 N–H and O–H groups in total. The molecule has 9 heteroatoms. The molecular weight excluding hydrogens is 352 g/mol. The number of hydrogen-bond donors (Lipinski definition) is 0. The topological polar surface area (TPSA) is 102 Å². The Balaban J connectivity index is 1.65. The number of carbonyl (C=O) groups is 1. The summed E-state index contributed by atoms with van der Waals surface area (Å²) in [4.78, 5) is 30.6. The predicted molar refractivity (Wildman–Crippen MR) is 99.9 cm³/mol. The Morgan fingerprint density at radius 3 is 2.63 bits per heavy atom. The lowest BCUT2D eigenvalue weighted by Crippen LogP contribution is -2.47. The number of non-ortho nitro benzene ring substituents is 1. The second-order valence-electron chi connectivity index (χ2n) is 7.72. The van der Waals surface area contributed by atoms with Crippen molar-refractivity contribution in [3.05, 3.63) is 28.3 Å². The van der Waals surface area contributed by atoms with E-state index in [1.165, 1.54) is 12.1 Å². The van der Waals surface area contributed by atoms with Gasteiger partial charge in [-0.3, -0.25) is 10.1 Å². The molecule has 1 fully saturated rings. The molecule has 1 aromatic carbocycles. The lowest BCUT2D eigenvalue weighted by molar-refractivity contribution is -0.384. The molecule has 146 valence electrons. The number of amides is 1. The van der Waals surface area contributed by atoms with Crippen LogP contribution in [0, 0.1) is 10.1 Å². The lowest BCUT2D eigenvalue weighted by Gasteiger charge is -2.36. The molecule has 1 aliphatic heterocycles. The molecule has 1 saturated heterocycles. The van der Waals surface area contributed by atoms with Gasteiger partial charge in [-0.2, -0.15) is 4.98 Å². The van der Waals surface area contributed by atoms with E-state index in [9.17, 15) is 14.9 Å². The van der Waals surface area contributed by atoms with Crippen molar-refractivity contribution in [2.45, 2.75) is 45.3 Å². The van der Waals surface area contributed by atoms with Gasteiger partial charge in [0.05, 0.1) is 4.92 Å². The number of benzene rings is 1. The number of oxazole rings is 1. The largest absolute Gasteiger partial charge is 0.444 e. The van der Waals surface area contributed by atoms with E-state index >= 15 is 0 Å². The first-order valence-electron chi connectivity index (χ1n) is 8.90. The van der Waals surface area contributed by atoms with Crippen molar-refractivity contribution in [1.82, 2.24) is 9.88 Å². The summed E-state index contributed by atoms with van der Waals surface area (Å²) in [5.74, 6) is 0. The van der Waals surface area contributed by atoms with Crippen molar-refractivity contribution in [2.24, 2.45) is 0 Å². The molecule has 1 aromatic heterocycles. The highest BCUT2D eigenvalue weighted by molar-refractivity contribution is 5.77. The Morgan fingerprint density at radius 2 is 2.04 bits per heavy atom. The van der Waals surface area contributed by atoms with Gasteiger partial charge in [0.1, 0.15) is 11.1 Å². The molecule has 0 atom stereocenters. The standard InChI is InChI=1S/C18H24N4O5/c1-18(2,3)27-17(23)21-9-7-12(8-10-21)20(4)16-19-14-11-13(22(24)25)5-6-15(14)26-16/h5-6,11-12H,7-10H2,1-4H3. The number of nitrogens with zero attached hydrogens (tertiary/aromatic N) is 4. The number of anilines is 1. The number of rotatable bonds is 3. The van der Waals surface area contributed by atoms with Gasteiger partial charge < -0.3 is 19.0 Å². The molecular formula is C18H24N4O5. The number of likely N-dealkylation sites (tertiary alicyclic amines) is 1. The van der Waals surface area contributed by atoms with Crippen molar-refractivity contribution >= 4 is 28.9 Å². The average molecular weight is 376 g/mol. The summed E-state index contributed by atoms with van der Waals surface area (Å²) in [7, 11) is 1.88. The highest BCUT2D eigenvalue weighted by Crippen LogP contribution is 2.28. The van der Waals surface area contributed by atoms with Gasteiger partial charge in [0.2, 0.25) is 0 Å². The van der Waals surface area contributed by atoms with Crippen LogP contribution in [0.2, 0.25) is 0 Å². The third kappa shape index (κ3) is 4.29. The molecule has 2 heterocycles. The van der Waals surface area contributed by atoms with Crippen molar-refractivity contribution in [3.8, 4) is 0 Å². The van der Waals surface area contributed by atoms with Gasteiger partial charge in [0, 0.05) is 38.3 Å². The van der Waals surface area contributed by atoms with Crippen LogP contribution in [-0.4, -0.2) is 52.7 Å². The molecule has 0 saturated carbocycles. The van der Waals surface area contributed by atoms with E-state index in [1.54, 1.807) is 11.0 Å². The van der Waals surface area contributed by atoms with Crippen LogP contribution in [0.15, 0.2) is 22.6 Å². The molecule has 3 rings (SSSR count). The molecule has 0 aliphatic carbocycles. The van der Waals surface area contributed by atoms with E-state index in [-0.39, 0.29) is 17.8 Å². The number of piperidine rings is 1. The van der Waals surface area contributed by atoms with Crippen LogP contribution in [0.5, 0.6) is 0 Å². The average Bonchev–Trinajstić information content (AvgIpc) is 3.02. The normalized spacial score (nSPS) is 15.8. The maximum atomic E-state index is 12.2. The molecule has 1 aliphatic rings. The first-order valence-corrected chi connectivity index (χ1v) is 8.90. The molecule has 27 heavy (non-hydrogen) atoms. The Labute approximate surface area is 157 Å². The van der Waals surface area contributed by atoms with E-state index in [0.717, 1.165) is 12.8 Å². The summed E-state index contributed by atoms with van der Waals surface area (Å²) < 4.78 is 11.2. The molecule has 0 bridgehead atoms. The van der Waals surface area contributed by atoms with Crippen LogP contribution in [-0.2, 0) is 4.74 Å². The summed E-state index contributed by atoms with van der Waals surface area (Å²) in [6.45, 7) is 6.74. The van der Waals surface area contributed by atoms with Crippen LogP contribution < -0.4 is 4.90 Å². The number of ether oxygens (including phenoxy) is 1. The first kappa shape index (κ1) is 18.9. The molecule has 0 unspecified atom stereocenters. The zero-order valence-electron chi connectivity index (χ0n) is 16.0. The SMILES string of the molecule is CN(c1nc2cc([N+](=O)[O-])ccc2o1)C1CCN(C(=O)OC(C)(C)C)CC1. The number of aromatic nitrogens is 1. The lowest BCUT2D eigenvalue weighted by atomic mass is 10.0. The molecule has 1 amide bonds. The number of nitro benzene ring substituents is 1. The molecule has 9 nitrogen and oxygen atoms in total. The Morgan fingerprint density at radius 1 is 1.37 bits per heavy atom. The summed E-state index contributed by atoms with van der Waals surface area (Å²) in [6.07, 6.45) is 1.22. The van der Waals surface area contributed by atoms with Crippen molar-refractivity contribution < 1.29 is 18.9 Å². The van der Waals surface area contributed by atoms with E-state index in [1.807, 2.05) is 32.7 Å².